The number of piperidine rings is 1. The average molecular weight is 307 g/mol. The normalized spacial score (nSPS) is 20.4. The molecule has 0 aromatic heterocycles. The van der Waals surface area contributed by atoms with Gasteiger partial charge in [0.05, 0.1) is 6.54 Å². The predicted octanol–water partition coefficient (Wildman–Crippen LogP) is 0.774. The Bertz CT molecular complexity index is 410. The maximum atomic E-state index is 12.1. The van der Waals surface area contributed by atoms with E-state index < -0.39 is 12.7 Å². The van der Waals surface area contributed by atoms with Crippen molar-refractivity contribution in [1.29, 1.82) is 0 Å². The second-order valence-corrected chi connectivity index (χ2v) is 5.23. The molecule has 1 N–H and O–H groups in total. The third-order valence-corrected chi connectivity index (χ3v) is 3.11. The van der Waals surface area contributed by atoms with E-state index in [0.717, 1.165) is 4.90 Å². The first-order valence-corrected chi connectivity index (χ1v) is 6.63. The monoisotopic (exact) mass is 307 g/mol. The van der Waals surface area contributed by atoms with Crippen LogP contribution in [0.25, 0.3) is 0 Å². The molecular weight excluding hydrogens is 287 g/mol. The third kappa shape index (κ3) is 7.12. The van der Waals surface area contributed by atoms with Gasteiger partial charge in [0.25, 0.3) is 0 Å². The van der Waals surface area contributed by atoms with Crippen molar-refractivity contribution in [3.63, 3.8) is 0 Å². The molecule has 1 atom stereocenters. The van der Waals surface area contributed by atoms with Gasteiger partial charge in [-0.25, -0.2) is 0 Å². The lowest BCUT2D eigenvalue weighted by molar-refractivity contribution is -0.141. The SMILES string of the molecule is CN(C/C=C/C(=O)NC1CCC(=O)N(C)C1)CC(F)(F)F. The van der Waals surface area contributed by atoms with Crippen molar-refractivity contribution in [2.75, 3.05) is 33.7 Å². The average Bonchev–Trinajstić information content (AvgIpc) is 2.31. The summed E-state index contributed by atoms with van der Waals surface area (Å²) in [5.41, 5.74) is 0. The Morgan fingerprint density at radius 1 is 1.52 bits per heavy atom. The number of halogens is 3. The van der Waals surface area contributed by atoms with Gasteiger partial charge in [-0.05, 0) is 13.5 Å². The van der Waals surface area contributed by atoms with Crippen LogP contribution in [0.3, 0.4) is 0 Å². The number of likely N-dealkylation sites (N-methyl/N-ethyl adjacent to an activating group) is 2. The molecule has 8 heteroatoms. The van der Waals surface area contributed by atoms with E-state index in [4.69, 9.17) is 0 Å². The summed E-state index contributed by atoms with van der Waals surface area (Å²) in [6, 6.07) is -0.113. The molecule has 1 rings (SSSR count). The van der Waals surface area contributed by atoms with Crippen LogP contribution in [0.2, 0.25) is 0 Å². The van der Waals surface area contributed by atoms with Gasteiger partial charge in [0.2, 0.25) is 11.8 Å². The highest BCUT2D eigenvalue weighted by atomic mass is 19.4. The summed E-state index contributed by atoms with van der Waals surface area (Å²) < 4.78 is 36.3. The quantitative estimate of drug-likeness (QED) is 0.764. The molecular formula is C13H20F3N3O2. The van der Waals surface area contributed by atoms with Crippen molar-refractivity contribution < 1.29 is 22.8 Å². The summed E-state index contributed by atoms with van der Waals surface area (Å²) in [5, 5.41) is 2.73. The van der Waals surface area contributed by atoms with Crippen LogP contribution < -0.4 is 5.32 Å². The molecule has 0 aromatic rings. The number of carbonyl (C=O) groups is 2. The van der Waals surface area contributed by atoms with Gasteiger partial charge < -0.3 is 10.2 Å². The number of hydrogen-bond acceptors (Lipinski definition) is 3. The molecule has 1 aliphatic heterocycles. The Kier molecular flexibility index (Phi) is 6.19. The van der Waals surface area contributed by atoms with Gasteiger partial charge in [-0.2, -0.15) is 13.2 Å². The molecule has 2 amide bonds. The highest BCUT2D eigenvalue weighted by Crippen LogP contribution is 2.15. The van der Waals surface area contributed by atoms with Crippen molar-refractivity contribution in [2.45, 2.75) is 25.1 Å². The van der Waals surface area contributed by atoms with Gasteiger partial charge >= 0.3 is 6.18 Å². The number of likely N-dealkylation sites (tertiary alicyclic amines) is 1. The fourth-order valence-electron chi connectivity index (χ4n) is 2.09. The minimum atomic E-state index is -4.25. The van der Waals surface area contributed by atoms with Crippen molar-refractivity contribution >= 4 is 11.8 Å². The van der Waals surface area contributed by atoms with E-state index in [1.807, 2.05) is 0 Å². The molecule has 0 spiro atoms. The standard InChI is InChI=1S/C13H20F3N3O2/c1-18(9-13(14,15)16)7-3-4-11(20)17-10-5-6-12(21)19(2)8-10/h3-4,10H,5-9H2,1-2H3,(H,17,20)/b4-3+. The van der Waals surface area contributed by atoms with E-state index in [1.54, 1.807) is 11.9 Å². The van der Waals surface area contributed by atoms with Crippen LogP contribution in [-0.2, 0) is 9.59 Å². The Hall–Kier alpha value is -1.57. The zero-order valence-electron chi connectivity index (χ0n) is 12.1. The van der Waals surface area contributed by atoms with E-state index in [-0.39, 0.29) is 24.4 Å². The van der Waals surface area contributed by atoms with Gasteiger partial charge in [0, 0.05) is 38.7 Å². The van der Waals surface area contributed by atoms with Crippen LogP contribution in [0.4, 0.5) is 13.2 Å². The third-order valence-electron chi connectivity index (χ3n) is 3.11. The summed E-state index contributed by atoms with van der Waals surface area (Å²) in [6.07, 6.45) is -0.664. The van der Waals surface area contributed by atoms with Crippen molar-refractivity contribution in [2.24, 2.45) is 0 Å². The smallest absolute Gasteiger partial charge is 0.348 e. The molecule has 0 aromatic carbocycles. The fourth-order valence-corrected chi connectivity index (χ4v) is 2.09. The molecule has 120 valence electrons. The van der Waals surface area contributed by atoms with Crippen molar-refractivity contribution in [3.05, 3.63) is 12.2 Å². The second kappa shape index (κ2) is 7.44. The van der Waals surface area contributed by atoms with Crippen LogP contribution in [0.5, 0.6) is 0 Å². The lowest BCUT2D eigenvalue weighted by atomic mass is 10.1. The summed E-state index contributed by atoms with van der Waals surface area (Å²) in [5.74, 6) is -0.312. The van der Waals surface area contributed by atoms with Gasteiger partial charge in [0.1, 0.15) is 0 Å². The second-order valence-electron chi connectivity index (χ2n) is 5.23. The molecule has 1 aliphatic rings. The number of alkyl halides is 3. The maximum absolute atomic E-state index is 12.1. The van der Waals surface area contributed by atoms with E-state index in [9.17, 15) is 22.8 Å². The van der Waals surface area contributed by atoms with Gasteiger partial charge in [-0.3, -0.25) is 14.5 Å². The molecule has 1 saturated heterocycles. The molecule has 1 fully saturated rings. The minimum Gasteiger partial charge on any atom is -0.348 e. The highest BCUT2D eigenvalue weighted by molar-refractivity contribution is 5.88. The first kappa shape index (κ1) is 17.5. The van der Waals surface area contributed by atoms with E-state index in [1.165, 1.54) is 19.2 Å². The topological polar surface area (TPSA) is 52.7 Å². The molecule has 0 saturated carbocycles. The fraction of sp³-hybridized carbons (Fsp3) is 0.692. The molecule has 5 nitrogen and oxygen atoms in total. The number of carbonyl (C=O) groups excluding carboxylic acids is 2. The Labute approximate surface area is 121 Å². The van der Waals surface area contributed by atoms with Crippen LogP contribution >= 0.6 is 0 Å². The Morgan fingerprint density at radius 2 is 2.19 bits per heavy atom. The predicted molar refractivity (Wildman–Crippen MR) is 71.5 cm³/mol. The zero-order chi connectivity index (χ0) is 16.0. The van der Waals surface area contributed by atoms with Crippen LogP contribution in [0.1, 0.15) is 12.8 Å². The van der Waals surface area contributed by atoms with Crippen LogP contribution in [-0.4, -0.2) is 67.6 Å². The van der Waals surface area contributed by atoms with Gasteiger partial charge in [-0.1, -0.05) is 6.08 Å². The highest BCUT2D eigenvalue weighted by Gasteiger charge is 2.28. The van der Waals surface area contributed by atoms with E-state index >= 15 is 0 Å². The summed E-state index contributed by atoms with van der Waals surface area (Å²) >= 11 is 0. The van der Waals surface area contributed by atoms with E-state index in [0.29, 0.717) is 19.4 Å². The minimum absolute atomic E-state index is 0.0377. The molecule has 21 heavy (non-hydrogen) atoms. The van der Waals surface area contributed by atoms with Crippen LogP contribution in [0, 0.1) is 0 Å². The molecule has 0 radical (unpaired) electrons. The number of rotatable bonds is 5. The number of nitrogens with one attached hydrogen (secondary N) is 1. The van der Waals surface area contributed by atoms with Crippen molar-refractivity contribution in [1.82, 2.24) is 15.1 Å². The Balaban J connectivity index is 2.30. The maximum Gasteiger partial charge on any atom is 0.401 e. The Morgan fingerprint density at radius 3 is 2.76 bits per heavy atom. The number of amides is 2. The summed E-state index contributed by atoms with van der Waals surface area (Å²) in [4.78, 5) is 25.5. The lowest BCUT2D eigenvalue weighted by Crippen LogP contribution is -2.48. The number of nitrogens with zero attached hydrogens (tertiary/aromatic N) is 2. The molecule has 1 heterocycles. The first-order valence-electron chi connectivity index (χ1n) is 6.63. The summed E-state index contributed by atoms with van der Waals surface area (Å²) in [6.45, 7) is -0.531. The lowest BCUT2D eigenvalue weighted by Gasteiger charge is -2.29. The largest absolute Gasteiger partial charge is 0.401 e. The molecule has 0 bridgehead atoms. The van der Waals surface area contributed by atoms with Gasteiger partial charge in [0.15, 0.2) is 0 Å². The first-order chi connectivity index (χ1) is 9.67. The summed E-state index contributed by atoms with van der Waals surface area (Å²) in [7, 11) is 3.00. The van der Waals surface area contributed by atoms with Crippen molar-refractivity contribution in [3.8, 4) is 0 Å². The molecule has 1 unspecified atom stereocenters. The zero-order valence-corrected chi connectivity index (χ0v) is 12.1. The molecule has 0 aliphatic carbocycles. The van der Waals surface area contributed by atoms with Gasteiger partial charge in [-0.15, -0.1) is 0 Å². The van der Waals surface area contributed by atoms with Crippen LogP contribution in [0.15, 0.2) is 12.2 Å². The van der Waals surface area contributed by atoms with E-state index in [2.05, 4.69) is 5.32 Å². The number of hydrogen-bond donors (Lipinski definition) is 1.